The molecular weight excluding hydrogens is 350 g/mol. The number of nitrogens with one attached hydrogen (secondary N) is 1. The molecule has 1 N–H and O–H groups in total. The molecule has 0 radical (unpaired) electrons. The van der Waals surface area contributed by atoms with E-state index < -0.39 is 17.7 Å². The van der Waals surface area contributed by atoms with Gasteiger partial charge in [0.05, 0.1) is 0 Å². The smallest absolute Gasteiger partial charge is 0.268 e. The monoisotopic (exact) mass is 372 g/mol. The SMILES string of the molecule is O=C(C(Oc1ccc(F)c(F)c1)c1ccccc1)N1C2CCNCC1CC2. The molecule has 2 aromatic carbocycles. The lowest BCUT2D eigenvalue weighted by Gasteiger charge is -2.32. The van der Waals surface area contributed by atoms with Crippen LogP contribution in [-0.4, -0.2) is 36.0 Å². The van der Waals surface area contributed by atoms with E-state index in [1.165, 1.54) is 6.07 Å². The van der Waals surface area contributed by atoms with Gasteiger partial charge < -0.3 is 15.0 Å². The standard InChI is InChI=1S/C21H22F2N2O2/c22-18-9-8-17(12-19(18)23)27-20(14-4-2-1-3-5-14)21(26)25-15-6-7-16(25)13-24-11-10-15/h1-5,8-9,12,15-16,20,24H,6-7,10-11,13H2. The maximum atomic E-state index is 13.6. The third kappa shape index (κ3) is 3.67. The fourth-order valence-corrected chi connectivity index (χ4v) is 4.05. The number of carbonyl (C=O) groups excluding carboxylic acids is 1. The van der Waals surface area contributed by atoms with Crippen molar-refractivity contribution >= 4 is 5.91 Å². The number of rotatable bonds is 4. The molecule has 4 nitrogen and oxygen atoms in total. The van der Waals surface area contributed by atoms with E-state index in [1.54, 1.807) is 0 Å². The Bertz CT molecular complexity index is 801. The van der Waals surface area contributed by atoms with Crippen LogP contribution in [0.1, 0.15) is 30.9 Å². The first-order valence-corrected chi connectivity index (χ1v) is 9.33. The number of benzene rings is 2. The van der Waals surface area contributed by atoms with E-state index in [2.05, 4.69) is 5.32 Å². The van der Waals surface area contributed by atoms with E-state index >= 15 is 0 Å². The van der Waals surface area contributed by atoms with E-state index in [0.717, 1.165) is 44.5 Å². The van der Waals surface area contributed by atoms with Crippen LogP contribution in [0.15, 0.2) is 48.5 Å². The van der Waals surface area contributed by atoms with Crippen LogP contribution >= 0.6 is 0 Å². The highest BCUT2D eigenvalue weighted by molar-refractivity contribution is 5.83. The quantitative estimate of drug-likeness (QED) is 0.894. The lowest BCUT2D eigenvalue weighted by molar-refractivity contribution is -0.141. The van der Waals surface area contributed by atoms with Crippen molar-refractivity contribution in [2.75, 3.05) is 13.1 Å². The second-order valence-corrected chi connectivity index (χ2v) is 7.11. The van der Waals surface area contributed by atoms with Crippen LogP contribution in [0.25, 0.3) is 0 Å². The molecule has 2 fully saturated rings. The van der Waals surface area contributed by atoms with Crippen LogP contribution in [0.3, 0.4) is 0 Å². The summed E-state index contributed by atoms with van der Waals surface area (Å²) in [6.07, 6.45) is 1.98. The van der Waals surface area contributed by atoms with E-state index in [9.17, 15) is 13.6 Å². The lowest BCUT2D eigenvalue weighted by Crippen LogP contribution is -2.46. The third-order valence-corrected chi connectivity index (χ3v) is 5.38. The normalized spacial score (nSPS) is 23.0. The number of hydrogen-bond donors (Lipinski definition) is 1. The van der Waals surface area contributed by atoms with Gasteiger partial charge in [0.2, 0.25) is 6.10 Å². The predicted octanol–water partition coefficient (Wildman–Crippen LogP) is 3.44. The highest BCUT2D eigenvalue weighted by Crippen LogP contribution is 2.33. The molecule has 2 saturated heterocycles. The zero-order valence-corrected chi connectivity index (χ0v) is 14.9. The van der Waals surface area contributed by atoms with Crippen LogP contribution < -0.4 is 10.1 Å². The number of halogens is 2. The summed E-state index contributed by atoms with van der Waals surface area (Å²) in [5.74, 6) is -1.93. The molecule has 0 saturated carbocycles. The van der Waals surface area contributed by atoms with Crippen molar-refractivity contribution in [3.8, 4) is 5.75 Å². The van der Waals surface area contributed by atoms with Gasteiger partial charge in [-0.1, -0.05) is 30.3 Å². The fraction of sp³-hybridized carbons (Fsp3) is 0.381. The van der Waals surface area contributed by atoms with Gasteiger partial charge in [0.25, 0.3) is 5.91 Å². The van der Waals surface area contributed by atoms with Gasteiger partial charge in [0, 0.05) is 30.3 Å². The maximum Gasteiger partial charge on any atom is 0.268 e. The molecule has 2 aliphatic heterocycles. The Morgan fingerprint density at radius 1 is 1.04 bits per heavy atom. The Morgan fingerprint density at radius 3 is 2.59 bits per heavy atom. The first kappa shape index (κ1) is 17.9. The molecule has 6 heteroatoms. The zero-order chi connectivity index (χ0) is 18.8. The Kier molecular flexibility index (Phi) is 5.07. The molecule has 27 heavy (non-hydrogen) atoms. The Hall–Kier alpha value is -2.47. The van der Waals surface area contributed by atoms with Gasteiger partial charge in [-0.05, 0) is 37.9 Å². The molecule has 3 unspecified atom stereocenters. The van der Waals surface area contributed by atoms with Crippen LogP contribution in [0.5, 0.6) is 5.75 Å². The molecule has 2 aliphatic rings. The summed E-state index contributed by atoms with van der Waals surface area (Å²) in [4.78, 5) is 15.4. The number of nitrogens with zero attached hydrogens (tertiary/aromatic N) is 1. The minimum absolute atomic E-state index is 0.123. The number of hydrogen-bond acceptors (Lipinski definition) is 3. The van der Waals surface area contributed by atoms with Crippen molar-refractivity contribution in [3.63, 3.8) is 0 Å². The maximum absolute atomic E-state index is 13.6. The molecule has 0 spiro atoms. The van der Waals surface area contributed by atoms with E-state index in [1.807, 2.05) is 35.2 Å². The van der Waals surface area contributed by atoms with Gasteiger partial charge in [-0.2, -0.15) is 0 Å². The average molecular weight is 372 g/mol. The number of fused-ring (bicyclic) bond motifs is 2. The second kappa shape index (κ2) is 7.64. The first-order valence-electron chi connectivity index (χ1n) is 9.33. The zero-order valence-electron chi connectivity index (χ0n) is 14.9. The summed E-state index contributed by atoms with van der Waals surface area (Å²) in [7, 11) is 0. The van der Waals surface area contributed by atoms with Gasteiger partial charge >= 0.3 is 0 Å². The number of ether oxygens (including phenoxy) is 1. The van der Waals surface area contributed by atoms with E-state index in [4.69, 9.17) is 4.74 Å². The summed E-state index contributed by atoms with van der Waals surface area (Å²) >= 11 is 0. The van der Waals surface area contributed by atoms with Crippen LogP contribution in [0, 0.1) is 11.6 Å². The van der Waals surface area contributed by atoms with Crippen molar-refractivity contribution in [2.24, 2.45) is 0 Å². The van der Waals surface area contributed by atoms with E-state index in [0.29, 0.717) is 5.56 Å². The van der Waals surface area contributed by atoms with Gasteiger partial charge in [0.1, 0.15) is 5.75 Å². The molecule has 0 aromatic heterocycles. The molecule has 142 valence electrons. The molecule has 0 aliphatic carbocycles. The average Bonchev–Trinajstić information content (AvgIpc) is 2.95. The second-order valence-electron chi connectivity index (χ2n) is 7.11. The lowest BCUT2D eigenvalue weighted by atomic mass is 10.1. The summed E-state index contributed by atoms with van der Waals surface area (Å²) in [5.41, 5.74) is 0.698. The largest absolute Gasteiger partial charge is 0.476 e. The summed E-state index contributed by atoms with van der Waals surface area (Å²) in [6, 6.07) is 12.9. The van der Waals surface area contributed by atoms with Crippen molar-refractivity contribution in [3.05, 3.63) is 65.7 Å². The molecule has 4 rings (SSSR count). The highest BCUT2D eigenvalue weighted by atomic mass is 19.2. The van der Waals surface area contributed by atoms with Gasteiger partial charge in [-0.25, -0.2) is 8.78 Å². The predicted molar refractivity (Wildman–Crippen MR) is 97.3 cm³/mol. The molecule has 2 bridgehead atoms. The van der Waals surface area contributed by atoms with Gasteiger partial charge in [-0.15, -0.1) is 0 Å². The Balaban J connectivity index is 1.65. The van der Waals surface area contributed by atoms with Gasteiger partial charge in [-0.3, -0.25) is 4.79 Å². The molecule has 2 heterocycles. The molecular formula is C21H22F2N2O2. The summed E-state index contributed by atoms with van der Waals surface area (Å²) < 4.78 is 32.8. The number of amides is 1. The van der Waals surface area contributed by atoms with Crippen LogP contribution in [-0.2, 0) is 4.79 Å². The third-order valence-electron chi connectivity index (χ3n) is 5.38. The van der Waals surface area contributed by atoms with Gasteiger partial charge in [0.15, 0.2) is 11.6 Å². The highest BCUT2D eigenvalue weighted by Gasteiger charge is 2.41. The summed E-state index contributed by atoms with van der Waals surface area (Å²) in [6.45, 7) is 1.67. The minimum atomic E-state index is -0.995. The Labute approximate surface area is 157 Å². The fourth-order valence-electron chi connectivity index (χ4n) is 4.05. The van der Waals surface area contributed by atoms with E-state index in [-0.39, 0.29) is 23.7 Å². The summed E-state index contributed by atoms with van der Waals surface area (Å²) in [5, 5.41) is 3.38. The molecule has 1 amide bonds. The molecule has 2 aromatic rings. The number of carbonyl (C=O) groups is 1. The van der Waals surface area contributed by atoms with Crippen molar-refractivity contribution in [1.29, 1.82) is 0 Å². The minimum Gasteiger partial charge on any atom is -0.476 e. The first-order chi connectivity index (χ1) is 13.1. The topological polar surface area (TPSA) is 41.6 Å². The van der Waals surface area contributed by atoms with Crippen LogP contribution in [0.2, 0.25) is 0 Å². The van der Waals surface area contributed by atoms with Crippen molar-refractivity contribution in [2.45, 2.75) is 37.5 Å². The van der Waals surface area contributed by atoms with Crippen molar-refractivity contribution in [1.82, 2.24) is 10.2 Å². The Morgan fingerprint density at radius 2 is 1.81 bits per heavy atom. The van der Waals surface area contributed by atoms with Crippen molar-refractivity contribution < 1.29 is 18.3 Å². The molecule has 3 atom stereocenters. The van der Waals surface area contributed by atoms with Crippen LogP contribution in [0.4, 0.5) is 8.78 Å².